The molecule has 0 saturated heterocycles. The number of halogens is 3. The van der Waals surface area contributed by atoms with Crippen LogP contribution in [0.15, 0.2) is 42.5 Å². The molecule has 1 heterocycles. The van der Waals surface area contributed by atoms with Crippen molar-refractivity contribution in [3.63, 3.8) is 0 Å². The molecule has 10 heteroatoms. The number of carbonyl (C=O) groups excluding carboxylic acids is 1. The lowest BCUT2D eigenvalue weighted by Gasteiger charge is -2.06. The molecule has 3 aromatic rings. The normalized spacial score (nSPS) is 11.4. The molecule has 0 fully saturated rings. The Morgan fingerprint density at radius 3 is 2.46 bits per heavy atom. The number of hydrogen-bond acceptors (Lipinski definition) is 5. The summed E-state index contributed by atoms with van der Waals surface area (Å²) in [5, 5.41) is 9.28. The maximum atomic E-state index is 14.0. The highest BCUT2D eigenvalue weighted by molar-refractivity contribution is 7.92. The molecule has 2 aromatic carbocycles. The highest BCUT2D eigenvalue weighted by Gasteiger charge is 2.24. The lowest BCUT2D eigenvalue weighted by atomic mass is 10.1. The van der Waals surface area contributed by atoms with Crippen LogP contribution in [-0.4, -0.2) is 25.6 Å². The van der Waals surface area contributed by atoms with Gasteiger partial charge in [0.2, 0.25) is 21.6 Å². The minimum absolute atomic E-state index is 0.0285. The number of phenols is 1. The van der Waals surface area contributed by atoms with E-state index in [0.29, 0.717) is 22.2 Å². The second kappa shape index (κ2) is 7.28. The third kappa shape index (κ3) is 4.02. The van der Waals surface area contributed by atoms with Crippen molar-refractivity contribution in [2.45, 2.75) is 0 Å². The smallest absolute Gasteiger partial charge is 0.229 e. The van der Waals surface area contributed by atoms with Gasteiger partial charge in [0.25, 0.3) is 0 Å². The lowest BCUT2D eigenvalue weighted by Crippen LogP contribution is -2.09. The Bertz CT molecular complexity index is 1190. The van der Waals surface area contributed by atoms with Gasteiger partial charge in [0.05, 0.1) is 16.7 Å². The Morgan fingerprint density at radius 1 is 1.07 bits per heavy atom. The number of hydrogen-bond donors (Lipinski definition) is 2. The quantitative estimate of drug-likeness (QED) is 0.474. The van der Waals surface area contributed by atoms with Gasteiger partial charge >= 0.3 is 0 Å². The van der Waals surface area contributed by atoms with Gasteiger partial charge in [0, 0.05) is 10.6 Å². The molecular weight excluding hydrogens is 415 g/mol. The minimum Gasteiger partial charge on any atom is -0.503 e. The van der Waals surface area contributed by atoms with Gasteiger partial charge in [-0.15, -0.1) is 11.3 Å². The highest BCUT2D eigenvalue weighted by atomic mass is 32.2. The van der Waals surface area contributed by atoms with E-state index in [1.54, 1.807) is 30.3 Å². The Hall–Kier alpha value is -2.85. The number of ketones is 1. The van der Waals surface area contributed by atoms with E-state index in [1.807, 2.05) is 0 Å². The van der Waals surface area contributed by atoms with Gasteiger partial charge in [-0.2, -0.15) is 4.39 Å². The van der Waals surface area contributed by atoms with Gasteiger partial charge in [-0.05, 0) is 35.9 Å². The van der Waals surface area contributed by atoms with Gasteiger partial charge in [-0.25, -0.2) is 17.2 Å². The minimum atomic E-state index is -3.47. The van der Waals surface area contributed by atoms with Crippen LogP contribution < -0.4 is 4.72 Å². The molecule has 3 rings (SSSR count). The molecule has 0 atom stereocenters. The number of carbonyl (C=O) groups is 1. The fraction of sp³-hybridized carbons (Fsp3) is 0.0556. The van der Waals surface area contributed by atoms with Gasteiger partial charge < -0.3 is 5.11 Å². The molecule has 0 aliphatic heterocycles. The number of phenolic OH excluding ortho intramolecular Hbond substituents is 1. The fourth-order valence-corrected chi connectivity index (χ4v) is 3.97. The molecule has 0 radical (unpaired) electrons. The predicted octanol–water partition coefficient (Wildman–Crippen LogP) is 4.14. The van der Waals surface area contributed by atoms with Crippen LogP contribution in [0.1, 0.15) is 15.2 Å². The van der Waals surface area contributed by atoms with Crippen LogP contribution in [0.4, 0.5) is 18.9 Å². The van der Waals surface area contributed by atoms with Crippen molar-refractivity contribution < 1.29 is 31.5 Å². The van der Waals surface area contributed by atoms with Crippen molar-refractivity contribution in [1.29, 1.82) is 0 Å². The molecule has 0 bridgehead atoms. The van der Waals surface area contributed by atoms with E-state index in [-0.39, 0.29) is 4.88 Å². The van der Waals surface area contributed by atoms with Crippen molar-refractivity contribution in [3.05, 3.63) is 70.4 Å². The summed E-state index contributed by atoms with van der Waals surface area (Å²) in [5.74, 6) is -7.33. The summed E-state index contributed by atoms with van der Waals surface area (Å²) < 4.78 is 65.6. The summed E-state index contributed by atoms with van der Waals surface area (Å²) >= 11 is 0.949. The molecule has 1 aromatic heterocycles. The van der Waals surface area contributed by atoms with E-state index < -0.39 is 44.6 Å². The molecule has 0 aliphatic rings. The number of benzene rings is 2. The maximum Gasteiger partial charge on any atom is 0.229 e. The second-order valence-electron chi connectivity index (χ2n) is 5.83. The maximum absolute atomic E-state index is 14.0. The van der Waals surface area contributed by atoms with Crippen LogP contribution in [0.5, 0.6) is 5.75 Å². The summed E-state index contributed by atoms with van der Waals surface area (Å²) in [6.07, 6.45) is 1.01. The van der Waals surface area contributed by atoms with E-state index in [9.17, 15) is 31.5 Å². The SMILES string of the molecule is CS(=O)(=O)Nc1cccc(-c2ccc(C(=O)c3cc(F)c(F)c(O)c3F)s2)c1. The first-order valence-electron chi connectivity index (χ1n) is 7.66. The first-order chi connectivity index (χ1) is 13.1. The van der Waals surface area contributed by atoms with E-state index in [0.717, 1.165) is 17.6 Å². The van der Waals surface area contributed by atoms with E-state index in [1.165, 1.54) is 6.07 Å². The number of thiophene rings is 1. The number of rotatable bonds is 5. The summed E-state index contributed by atoms with van der Waals surface area (Å²) in [7, 11) is -3.47. The van der Waals surface area contributed by atoms with Gasteiger partial charge in [0.15, 0.2) is 17.4 Å². The van der Waals surface area contributed by atoms with Crippen LogP contribution >= 0.6 is 11.3 Å². The Morgan fingerprint density at radius 2 is 1.79 bits per heavy atom. The summed E-state index contributed by atoms with van der Waals surface area (Å²) in [6.45, 7) is 0. The second-order valence-corrected chi connectivity index (χ2v) is 8.66. The summed E-state index contributed by atoms with van der Waals surface area (Å²) in [5.41, 5.74) is 0.112. The third-order valence-corrected chi connectivity index (χ3v) is 5.40. The molecule has 28 heavy (non-hydrogen) atoms. The van der Waals surface area contributed by atoms with Crippen LogP contribution in [0.25, 0.3) is 10.4 Å². The van der Waals surface area contributed by atoms with E-state index >= 15 is 0 Å². The average molecular weight is 427 g/mol. The molecule has 0 amide bonds. The molecule has 0 spiro atoms. The summed E-state index contributed by atoms with van der Waals surface area (Å²) in [4.78, 5) is 13.1. The first-order valence-corrected chi connectivity index (χ1v) is 10.4. The Labute approximate surface area is 162 Å². The van der Waals surface area contributed by atoms with Gasteiger partial charge in [-0.3, -0.25) is 9.52 Å². The van der Waals surface area contributed by atoms with Crippen molar-refractivity contribution in [1.82, 2.24) is 0 Å². The van der Waals surface area contributed by atoms with Crippen molar-refractivity contribution in [2.24, 2.45) is 0 Å². The average Bonchev–Trinajstić information content (AvgIpc) is 3.11. The topological polar surface area (TPSA) is 83.5 Å². The van der Waals surface area contributed by atoms with Crippen molar-refractivity contribution >= 4 is 32.8 Å². The standard InChI is InChI=1S/C18H12F3NO4S2/c1-28(25,26)22-10-4-2-3-9(7-10)13-5-6-14(27-13)17(23)11-8-12(19)16(21)18(24)15(11)20/h2-8,22,24H,1H3. The van der Waals surface area contributed by atoms with E-state index in [4.69, 9.17) is 0 Å². The molecule has 0 aliphatic carbocycles. The van der Waals surface area contributed by atoms with Gasteiger partial charge in [0.1, 0.15) is 0 Å². The Balaban J connectivity index is 1.95. The van der Waals surface area contributed by atoms with Crippen LogP contribution in [0.3, 0.4) is 0 Å². The molecule has 5 nitrogen and oxygen atoms in total. The first kappa shape index (κ1) is 19.9. The zero-order valence-electron chi connectivity index (χ0n) is 14.2. The summed E-state index contributed by atoms with van der Waals surface area (Å²) in [6, 6.07) is 9.69. The number of nitrogens with one attached hydrogen (secondary N) is 1. The van der Waals surface area contributed by atoms with Crippen LogP contribution in [0, 0.1) is 17.5 Å². The van der Waals surface area contributed by atoms with Crippen molar-refractivity contribution in [3.8, 4) is 16.2 Å². The van der Waals surface area contributed by atoms with Crippen molar-refractivity contribution in [2.75, 3.05) is 11.0 Å². The fourth-order valence-electron chi connectivity index (χ4n) is 2.45. The van der Waals surface area contributed by atoms with Crippen LogP contribution in [-0.2, 0) is 10.0 Å². The zero-order valence-corrected chi connectivity index (χ0v) is 15.8. The zero-order chi connectivity index (χ0) is 20.6. The molecule has 0 unspecified atom stereocenters. The number of anilines is 1. The monoisotopic (exact) mass is 427 g/mol. The Kier molecular flexibility index (Phi) is 5.18. The predicted molar refractivity (Wildman–Crippen MR) is 99.6 cm³/mol. The van der Waals surface area contributed by atoms with E-state index in [2.05, 4.69) is 4.72 Å². The highest BCUT2D eigenvalue weighted by Crippen LogP contribution is 2.33. The number of sulfonamides is 1. The molecule has 146 valence electrons. The third-order valence-electron chi connectivity index (χ3n) is 3.66. The molecule has 2 N–H and O–H groups in total. The van der Waals surface area contributed by atoms with Crippen LogP contribution in [0.2, 0.25) is 0 Å². The van der Waals surface area contributed by atoms with Gasteiger partial charge in [-0.1, -0.05) is 12.1 Å². The largest absolute Gasteiger partial charge is 0.503 e. The lowest BCUT2D eigenvalue weighted by molar-refractivity contribution is 0.103. The molecule has 0 saturated carbocycles. The number of aromatic hydroxyl groups is 1. The molecular formula is C18H12F3NO4S2.